The van der Waals surface area contributed by atoms with Gasteiger partial charge in [-0.25, -0.2) is 9.97 Å². The quantitative estimate of drug-likeness (QED) is 0.522. The molecular weight excluding hydrogens is 324 g/mol. The normalized spacial score (nSPS) is 11.8. The summed E-state index contributed by atoms with van der Waals surface area (Å²) in [5, 5.41) is 0. The highest BCUT2D eigenvalue weighted by Crippen LogP contribution is 2.19. The van der Waals surface area contributed by atoms with Gasteiger partial charge in [-0.3, -0.25) is 0 Å². The Morgan fingerprint density at radius 2 is 1.12 bits per heavy atom. The lowest BCUT2D eigenvalue weighted by Crippen LogP contribution is -2.03. The van der Waals surface area contributed by atoms with Gasteiger partial charge in [-0.2, -0.15) is 0 Å². The first-order chi connectivity index (χ1) is 12.7. The van der Waals surface area contributed by atoms with Gasteiger partial charge in [-0.05, 0) is 37.1 Å². The van der Waals surface area contributed by atoms with Crippen LogP contribution >= 0.6 is 0 Å². The van der Waals surface area contributed by atoms with Crippen molar-refractivity contribution in [3.8, 4) is 0 Å². The van der Waals surface area contributed by atoms with Gasteiger partial charge in [0.25, 0.3) is 0 Å². The summed E-state index contributed by atoms with van der Waals surface area (Å²) in [5.41, 5.74) is 16.1. The summed E-state index contributed by atoms with van der Waals surface area (Å²) in [7, 11) is 0. The van der Waals surface area contributed by atoms with Crippen LogP contribution in [0.1, 0.15) is 12.8 Å². The molecule has 0 fully saturated rings. The predicted molar refractivity (Wildman–Crippen MR) is 107 cm³/mol. The number of nitrogens with two attached hydrogens (primary N) is 2. The molecule has 6 nitrogen and oxygen atoms in total. The van der Waals surface area contributed by atoms with Gasteiger partial charge in [0.05, 0.1) is 22.1 Å². The Kier molecular flexibility index (Phi) is 4.31. The van der Waals surface area contributed by atoms with Crippen molar-refractivity contribution in [2.24, 2.45) is 0 Å². The third-order valence-corrected chi connectivity index (χ3v) is 4.57. The molecule has 0 spiro atoms. The van der Waals surface area contributed by atoms with E-state index in [4.69, 9.17) is 11.5 Å². The highest BCUT2D eigenvalue weighted by molar-refractivity contribution is 5.78. The van der Waals surface area contributed by atoms with Crippen LogP contribution in [0.15, 0.2) is 60.7 Å². The van der Waals surface area contributed by atoms with Gasteiger partial charge in [0, 0.05) is 13.1 Å². The van der Waals surface area contributed by atoms with E-state index in [1.54, 1.807) is 0 Å². The van der Waals surface area contributed by atoms with E-state index in [1.807, 2.05) is 36.4 Å². The molecule has 0 amide bonds. The van der Waals surface area contributed by atoms with E-state index in [-0.39, 0.29) is 0 Å². The number of hydrogen-bond acceptors (Lipinski definition) is 4. The highest BCUT2D eigenvalue weighted by atomic mass is 15.2. The van der Waals surface area contributed by atoms with Crippen molar-refractivity contribution < 1.29 is 0 Å². The molecule has 4 rings (SSSR count). The fourth-order valence-corrected chi connectivity index (χ4v) is 3.30. The molecule has 2 aromatic carbocycles. The van der Waals surface area contributed by atoms with Gasteiger partial charge in [-0.15, -0.1) is 0 Å². The molecule has 132 valence electrons. The van der Waals surface area contributed by atoms with Crippen LogP contribution in [-0.4, -0.2) is 19.1 Å². The Hall–Kier alpha value is -3.28. The summed E-state index contributed by atoms with van der Waals surface area (Å²) < 4.78 is 4.11. The zero-order valence-electron chi connectivity index (χ0n) is 14.5. The van der Waals surface area contributed by atoms with E-state index in [0.717, 1.165) is 48.0 Å². The van der Waals surface area contributed by atoms with Crippen LogP contribution in [0.2, 0.25) is 0 Å². The largest absolute Gasteiger partial charge is 0.369 e. The molecule has 4 N–H and O–H groups in total. The predicted octanol–water partition coefficient (Wildman–Crippen LogP) is 3.59. The molecule has 0 aliphatic rings. The highest BCUT2D eigenvalue weighted by Gasteiger charge is 2.07. The zero-order chi connectivity index (χ0) is 17.9. The molecule has 0 atom stereocenters. The number of allylic oxidation sites excluding steroid dienone is 2. The molecule has 2 heterocycles. The number of para-hydroxylation sites is 4. The van der Waals surface area contributed by atoms with Crippen molar-refractivity contribution >= 4 is 34.0 Å². The van der Waals surface area contributed by atoms with Gasteiger partial charge in [0.2, 0.25) is 11.9 Å². The maximum absolute atomic E-state index is 6.03. The number of nitrogen functional groups attached to an aromatic ring is 2. The molecule has 0 unspecified atom stereocenters. The lowest BCUT2D eigenvalue weighted by atomic mass is 10.3. The molecule has 0 aliphatic heterocycles. The number of benzene rings is 2. The summed E-state index contributed by atoms with van der Waals surface area (Å²) in [4.78, 5) is 8.79. The molecule has 0 saturated heterocycles. The minimum Gasteiger partial charge on any atom is -0.369 e. The van der Waals surface area contributed by atoms with Crippen molar-refractivity contribution in [1.82, 2.24) is 19.1 Å². The van der Waals surface area contributed by atoms with Crippen LogP contribution in [0.4, 0.5) is 11.9 Å². The Balaban J connectivity index is 1.36. The number of hydrogen-bond donors (Lipinski definition) is 2. The van der Waals surface area contributed by atoms with E-state index < -0.39 is 0 Å². The molecule has 0 radical (unpaired) electrons. The molecule has 0 aliphatic carbocycles. The smallest absolute Gasteiger partial charge is 0.201 e. The summed E-state index contributed by atoms with van der Waals surface area (Å²) in [6, 6.07) is 16.0. The molecule has 4 aromatic rings. The maximum atomic E-state index is 6.03. The van der Waals surface area contributed by atoms with E-state index in [2.05, 4.69) is 43.4 Å². The summed E-state index contributed by atoms with van der Waals surface area (Å²) in [6.45, 7) is 1.64. The van der Waals surface area contributed by atoms with Crippen LogP contribution < -0.4 is 11.5 Å². The van der Waals surface area contributed by atoms with E-state index in [1.165, 1.54) is 0 Å². The average Bonchev–Trinajstić information content (AvgIpc) is 3.14. The first-order valence-electron chi connectivity index (χ1n) is 8.80. The minimum atomic E-state index is 0.567. The second-order valence-electron chi connectivity index (χ2n) is 6.27. The SMILES string of the molecule is Nc1nc2ccccc2n1CC/C=C/CCn1c(N)nc2ccccc21. The zero-order valence-corrected chi connectivity index (χ0v) is 14.5. The Morgan fingerprint density at radius 1 is 0.692 bits per heavy atom. The van der Waals surface area contributed by atoms with Gasteiger partial charge in [0.1, 0.15) is 0 Å². The fourth-order valence-electron chi connectivity index (χ4n) is 3.30. The Bertz CT molecular complexity index is 986. The van der Waals surface area contributed by atoms with Crippen molar-refractivity contribution in [3.63, 3.8) is 0 Å². The van der Waals surface area contributed by atoms with E-state index >= 15 is 0 Å². The Labute approximate surface area is 151 Å². The summed E-state index contributed by atoms with van der Waals surface area (Å²) >= 11 is 0. The second kappa shape index (κ2) is 6.92. The number of imidazole rings is 2. The van der Waals surface area contributed by atoms with Gasteiger partial charge < -0.3 is 20.6 Å². The third kappa shape index (κ3) is 3.01. The number of rotatable bonds is 6. The average molecular weight is 346 g/mol. The first kappa shape index (κ1) is 16.2. The number of aryl methyl sites for hydroxylation is 2. The first-order valence-corrected chi connectivity index (χ1v) is 8.80. The Morgan fingerprint density at radius 3 is 1.58 bits per heavy atom. The number of aromatic nitrogens is 4. The second-order valence-corrected chi connectivity index (χ2v) is 6.27. The molecule has 26 heavy (non-hydrogen) atoms. The maximum Gasteiger partial charge on any atom is 0.201 e. The van der Waals surface area contributed by atoms with E-state index in [9.17, 15) is 0 Å². The lowest BCUT2D eigenvalue weighted by Gasteiger charge is -2.05. The monoisotopic (exact) mass is 346 g/mol. The standard InChI is InChI=1S/C20H22N6/c21-19-23-15-9-3-5-11-17(15)25(19)13-7-1-2-8-14-26-18-12-6-4-10-16(18)24-20(26)22/h1-6,9-12H,7-8,13-14H2,(H2,21,23)(H2,22,24)/b2-1+. The van der Waals surface area contributed by atoms with E-state index in [0.29, 0.717) is 11.9 Å². The minimum absolute atomic E-state index is 0.567. The molecule has 6 heteroatoms. The fraction of sp³-hybridized carbons (Fsp3) is 0.200. The topological polar surface area (TPSA) is 87.7 Å². The van der Waals surface area contributed by atoms with Crippen molar-refractivity contribution in [1.29, 1.82) is 0 Å². The molecule has 0 bridgehead atoms. The lowest BCUT2D eigenvalue weighted by molar-refractivity contribution is 0.723. The summed E-state index contributed by atoms with van der Waals surface area (Å²) in [5.74, 6) is 1.13. The third-order valence-electron chi connectivity index (χ3n) is 4.57. The van der Waals surface area contributed by atoms with Crippen LogP contribution in [-0.2, 0) is 13.1 Å². The molecule has 0 saturated carbocycles. The number of anilines is 2. The van der Waals surface area contributed by atoms with Crippen LogP contribution in [0.25, 0.3) is 22.1 Å². The van der Waals surface area contributed by atoms with Crippen LogP contribution in [0.5, 0.6) is 0 Å². The van der Waals surface area contributed by atoms with Crippen molar-refractivity contribution in [3.05, 3.63) is 60.7 Å². The van der Waals surface area contributed by atoms with Crippen molar-refractivity contribution in [2.75, 3.05) is 11.5 Å². The van der Waals surface area contributed by atoms with Crippen molar-refractivity contribution in [2.45, 2.75) is 25.9 Å². The van der Waals surface area contributed by atoms with Crippen LogP contribution in [0, 0.1) is 0 Å². The van der Waals surface area contributed by atoms with Crippen LogP contribution in [0.3, 0.4) is 0 Å². The van der Waals surface area contributed by atoms with Gasteiger partial charge in [0.15, 0.2) is 0 Å². The van der Waals surface area contributed by atoms with Gasteiger partial charge in [-0.1, -0.05) is 36.4 Å². The number of fused-ring (bicyclic) bond motifs is 2. The summed E-state index contributed by atoms with van der Waals surface area (Å²) in [6.07, 6.45) is 6.18. The van der Waals surface area contributed by atoms with Gasteiger partial charge >= 0.3 is 0 Å². The number of nitrogens with zero attached hydrogens (tertiary/aromatic N) is 4. The molecule has 2 aromatic heterocycles. The molecular formula is C20H22N6.